The van der Waals surface area contributed by atoms with Crippen molar-refractivity contribution in [1.82, 2.24) is 0 Å². The van der Waals surface area contributed by atoms with Crippen LogP contribution in [0.4, 0.5) is 0 Å². The minimum Gasteiger partial charge on any atom is -0.476 e. The van der Waals surface area contributed by atoms with Crippen molar-refractivity contribution in [3.63, 3.8) is 0 Å². The molecule has 0 saturated heterocycles. The first-order valence-corrected chi connectivity index (χ1v) is 17.0. The molecule has 0 aromatic heterocycles. The zero-order chi connectivity index (χ0) is 26.7. The van der Waals surface area contributed by atoms with Gasteiger partial charge in [0.2, 0.25) is 0 Å². The lowest BCUT2D eigenvalue weighted by atomic mass is 9.77. The molecule has 4 atom stereocenters. The Morgan fingerprint density at radius 2 is 1.61 bits per heavy atom. The Labute approximate surface area is 225 Å². The highest BCUT2D eigenvalue weighted by Crippen LogP contribution is 2.38. The van der Waals surface area contributed by atoms with Crippen molar-refractivity contribution in [3.8, 4) is 0 Å². The molecule has 0 bridgehead atoms. The highest BCUT2D eigenvalue weighted by Gasteiger charge is 2.54. The second-order valence-corrected chi connectivity index (χ2v) is 13.1. The largest absolute Gasteiger partial charge is 0.553 e. The summed E-state index contributed by atoms with van der Waals surface area (Å²) in [5.41, 5.74) is 0. The van der Waals surface area contributed by atoms with E-state index in [-0.39, 0.29) is 6.61 Å². The van der Waals surface area contributed by atoms with Crippen molar-refractivity contribution >= 4 is 25.8 Å². The Morgan fingerprint density at radius 1 is 0.972 bits per heavy atom. The Balaban J connectivity index is 2.47. The third-order valence-electron chi connectivity index (χ3n) is 7.52. The van der Waals surface area contributed by atoms with E-state index in [0.717, 1.165) is 43.3 Å². The minimum atomic E-state index is -2.95. The lowest BCUT2D eigenvalue weighted by molar-refractivity contribution is -0.153. The summed E-state index contributed by atoms with van der Waals surface area (Å²) >= 11 is 1.89. The van der Waals surface area contributed by atoms with Gasteiger partial charge in [-0.25, -0.2) is 4.79 Å². The monoisotopic (exact) mass is 549 g/mol. The van der Waals surface area contributed by atoms with Gasteiger partial charge in [-0.05, 0) is 47.2 Å². The Morgan fingerprint density at radius 3 is 2.19 bits per heavy atom. The molecule has 0 spiro atoms. The first-order chi connectivity index (χ1) is 17.4. The maximum Gasteiger partial charge on any atom is 0.553 e. The molecule has 1 aliphatic rings. The van der Waals surface area contributed by atoms with Crippen LogP contribution in [-0.4, -0.2) is 52.1 Å². The number of thioether (sulfide) groups is 1. The van der Waals surface area contributed by atoms with Gasteiger partial charge in [0.05, 0.1) is 12.7 Å². The molecule has 0 aromatic rings. The first kappa shape index (κ1) is 33.8. The molecule has 2 N–H and O–H groups in total. The van der Waals surface area contributed by atoms with Gasteiger partial charge in [0, 0.05) is 13.5 Å². The number of carboxylic acids is 1. The fourth-order valence-electron chi connectivity index (χ4n) is 5.14. The summed E-state index contributed by atoms with van der Waals surface area (Å²) in [6.07, 6.45) is 20.3. The van der Waals surface area contributed by atoms with E-state index >= 15 is 0 Å². The molecule has 0 aromatic carbocycles. The Hall–Kier alpha value is -0.200. The van der Waals surface area contributed by atoms with Crippen molar-refractivity contribution < 1.29 is 28.8 Å². The standard InChI is InChI=1S/C28H53O6PS/c1-4-6-7-8-9-10-11-15-20-33-26(17-5-2)25(24-18-13-12-14-19-24)23-36-22-16-21-34-28(3,27(29)30)35(31)32/h24-26H,4-23H2,1-3H3,(H-,29,30,31,32)/p+1. The molecule has 0 radical (unpaired) electrons. The van der Waals surface area contributed by atoms with Crippen LogP contribution in [0, 0.1) is 11.8 Å². The van der Waals surface area contributed by atoms with Crippen LogP contribution >= 0.6 is 19.8 Å². The van der Waals surface area contributed by atoms with Crippen LogP contribution in [0.2, 0.25) is 0 Å². The number of unbranched alkanes of at least 4 members (excludes halogenated alkanes) is 7. The van der Waals surface area contributed by atoms with Crippen molar-refractivity contribution in [1.29, 1.82) is 0 Å². The quantitative estimate of drug-likeness (QED) is 0.0980. The van der Waals surface area contributed by atoms with E-state index in [1.807, 2.05) is 11.8 Å². The van der Waals surface area contributed by atoms with Gasteiger partial charge in [0.15, 0.2) is 0 Å². The number of rotatable bonds is 23. The van der Waals surface area contributed by atoms with Crippen molar-refractivity contribution in [2.75, 3.05) is 24.7 Å². The predicted molar refractivity (Wildman–Crippen MR) is 151 cm³/mol. The lowest BCUT2D eigenvalue weighted by Crippen LogP contribution is -2.35. The number of carbonyl (C=O) groups is 1. The first-order valence-electron chi connectivity index (χ1n) is 14.6. The second kappa shape index (κ2) is 20.7. The molecule has 1 saturated carbocycles. The maximum absolute atomic E-state index is 11.4. The fourth-order valence-corrected chi connectivity index (χ4v) is 6.75. The molecule has 6 nitrogen and oxygen atoms in total. The molecular formula is C28H54O6PS+. The van der Waals surface area contributed by atoms with Gasteiger partial charge in [-0.1, -0.05) is 97.3 Å². The maximum atomic E-state index is 11.4. The molecular weight excluding hydrogens is 495 g/mol. The summed E-state index contributed by atoms with van der Waals surface area (Å²) in [6, 6.07) is 0. The summed E-state index contributed by atoms with van der Waals surface area (Å²) in [5, 5.41) is 7.18. The topological polar surface area (TPSA) is 93.1 Å². The van der Waals surface area contributed by atoms with Gasteiger partial charge in [0.25, 0.3) is 0 Å². The summed E-state index contributed by atoms with van der Waals surface area (Å²) in [5.74, 6) is 1.79. The molecule has 0 amide bonds. The Kier molecular flexibility index (Phi) is 19.5. The van der Waals surface area contributed by atoms with Crippen LogP contribution in [0.15, 0.2) is 0 Å². The molecule has 0 heterocycles. The van der Waals surface area contributed by atoms with Crippen LogP contribution in [0.3, 0.4) is 0 Å². The molecule has 4 unspecified atom stereocenters. The van der Waals surface area contributed by atoms with E-state index in [1.165, 1.54) is 84.0 Å². The highest BCUT2D eigenvalue weighted by atomic mass is 32.2. The van der Waals surface area contributed by atoms with Crippen LogP contribution < -0.4 is 0 Å². The summed E-state index contributed by atoms with van der Waals surface area (Å²) in [4.78, 5) is 20.6. The zero-order valence-electron chi connectivity index (χ0n) is 23.3. The number of carboxylic acid groups (broad SMARTS) is 1. The average Bonchev–Trinajstić information content (AvgIpc) is 2.87. The highest BCUT2D eigenvalue weighted by molar-refractivity contribution is 7.99. The number of hydrogen-bond acceptors (Lipinski definition) is 5. The molecule has 212 valence electrons. The van der Waals surface area contributed by atoms with Gasteiger partial charge in [-0.2, -0.15) is 16.7 Å². The second-order valence-electron chi connectivity index (χ2n) is 10.6. The molecule has 1 fully saturated rings. The van der Waals surface area contributed by atoms with Gasteiger partial charge in [-0.3, -0.25) is 0 Å². The third-order valence-corrected chi connectivity index (χ3v) is 9.77. The SMILES string of the molecule is CCCCCCCCCCOC(CCC)C(CSCCCOC(C)(C(=O)O)[P+](=O)O)C1CCCCC1. The smallest absolute Gasteiger partial charge is 0.476 e. The molecule has 1 aliphatic carbocycles. The van der Waals surface area contributed by atoms with Crippen LogP contribution in [0.25, 0.3) is 0 Å². The van der Waals surface area contributed by atoms with E-state index < -0.39 is 19.3 Å². The lowest BCUT2D eigenvalue weighted by Gasteiger charge is -2.36. The fraction of sp³-hybridized carbons (Fsp3) is 0.964. The molecule has 8 heteroatoms. The third kappa shape index (κ3) is 13.6. The summed E-state index contributed by atoms with van der Waals surface area (Å²) in [6.45, 7) is 6.71. The van der Waals surface area contributed by atoms with Crippen molar-refractivity contribution in [2.45, 2.75) is 135 Å². The van der Waals surface area contributed by atoms with Crippen LogP contribution in [-0.2, 0) is 18.8 Å². The van der Waals surface area contributed by atoms with Crippen LogP contribution in [0.1, 0.15) is 124 Å². The molecule has 0 aliphatic heterocycles. The molecule has 1 rings (SSSR count). The van der Waals surface area contributed by atoms with Crippen molar-refractivity contribution in [2.24, 2.45) is 11.8 Å². The summed E-state index contributed by atoms with van der Waals surface area (Å²) in [7, 11) is -2.95. The summed E-state index contributed by atoms with van der Waals surface area (Å²) < 4.78 is 23.3. The Bertz CT molecular complexity index is 570. The molecule has 36 heavy (non-hydrogen) atoms. The van der Waals surface area contributed by atoms with E-state index in [1.54, 1.807) is 0 Å². The van der Waals surface area contributed by atoms with Crippen LogP contribution in [0.5, 0.6) is 0 Å². The number of aliphatic carboxylic acids is 1. The van der Waals surface area contributed by atoms with Gasteiger partial charge >= 0.3 is 19.3 Å². The normalized spacial score (nSPS) is 18.5. The van der Waals surface area contributed by atoms with Gasteiger partial charge in [-0.15, -0.1) is 0 Å². The van der Waals surface area contributed by atoms with Gasteiger partial charge < -0.3 is 14.6 Å². The average molecular weight is 550 g/mol. The van der Waals surface area contributed by atoms with E-state index in [4.69, 9.17) is 9.47 Å². The number of hydrogen-bond donors (Lipinski definition) is 2. The van der Waals surface area contributed by atoms with E-state index in [9.17, 15) is 19.4 Å². The predicted octanol–water partition coefficient (Wildman–Crippen LogP) is 8.18. The van der Waals surface area contributed by atoms with E-state index in [0.29, 0.717) is 18.4 Å². The zero-order valence-corrected chi connectivity index (χ0v) is 25.0. The number of ether oxygens (including phenoxy) is 2. The van der Waals surface area contributed by atoms with Gasteiger partial charge in [0.1, 0.15) is 0 Å². The van der Waals surface area contributed by atoms with Crippen molar-refractivity contribution in [3.05, 3.63) is 0 Å². The minimum absolute atomic E-state index is 0.166. The van der Waals surface area contributed by atoms with E-state index in [2.05, 4.69) is 13.8 Å².